The van der Waals surface area contributed by atoms with E-state index < -0.39 is 0 Å². The van der Waals surface area contributed by atoms with Gasteiger partial charge in [0.15, 0.2) is 0 Å². The topological polar surface area (TPSA) is 50.6 Å². The number of nitriles is 1. The zero-order chi connectivity index (χ0) is 11.4. The van der Waals surface area contributed by atoms with E-state index in [-0.39, 0.29) is 6.03 Å². The molecule has 0 atom stereocenters. The summed E-state index contributed by atoms with van der Waals surface area (Å²) in [7, 11) is 0. The third-order valence-corrected chi connectivity index (χ3v) is 3.31. The lowest BCUT2D eigenvalue weighted by Crippen LogP contribution is -2.52. The van der Waals surface area contributed by atoms with Gasteiger partial charge in [-0.15, -0.1) is 0 Å². The number of carbonyl (C=O) groups is 1. The van der Waals surface area contributed by atoms with Crippen LogP contribution in [0.3, 0.4) is 0 Å². The van der Waals surface area contributed by atoms with Crippen molar-refractivity contribution in [3.05, 3.63) is 0 Å². The monoisotopic (exact) mass is 222 g/mol. The zero-order valence-corrected chi connectivity index (χ0v) is 9.56. The third kappa shape index (κ3) is 2.45. The van der Waals surface area contributed by atoms with E-state index in [4.69, 9.17) is 5.26 Å². The predicted molar refractivity (Wildman–Crippen MR) is 59.8 cm³/mol. The Labute approximate surface area is 96.2 Å². The van der Waals surface area contributed by atoms with Crippen LogP contribution in [0.1, 0.15) is 12.8 Å². The molecule has 2 rings (SSSR count). The molecule has 0 spiro atoms. The Morgan fingerprint density at radius 1 is 1.00 bits per heavy atom. The molecule has 0 aliphatic carbocycles. The van der Waals surface area contributed by atoms with Crippen LogP contribution >= 0.6 is 0 Å². The Kier molecular flexibility index (Phi) is 3.62. The van der Waals surface area contributed by atoms with Crippen molar-refractivity contribution in [1.29, 1.82) is 5.26 Å². The lowest BCUT2D eigenvalue weighted by Gasteiger charge is -2.35. The van der Waals surface area contributed by atoms with Gasteiger partial charge in [0, 0.05) is 39.3 Å². The summed E-state index contributed by atoms with van der Waals surface area (Å²) in [6, 6.07) is 2.34. The van der Waals surface area contributed by atoms with E-state index in [1.807, 2.05) is 9.80 Å². The largest absolute Gasteiger partial charge is 0.325 e. The van der Waals surface area contributed by atoms with Gasteiger partial charge in [0.2, 0.25) is 0 Å². The molecule has 5 nitrogen and oxygen atoms in total. The average Bonchev–Trinajstić information content (AvgIpc) is 2.83. The predicted octanol–water partition coefficient (Wildman–Crippen LogP) is 0.343. The number of hydrogen-bond donors (Lipinski definition) is 0. The minimum Gasteiger partial charge on any atom is -0.325 e. The number of amides is 2. The van der Waals surface area contributed by atoms with Gasteiger partial charge >= 0.3 is 6.03 Å². The van der Waals surface area contributed by atoms with E-state index in [1.165, 1.54) is 0 Å². The van der Waals surface area contributed by atoms with Crippen molar-refractivity contribution in [3.63, 3.8) is 0 Å². The first-order valence-electron chi connectivity index (χ1n) is 5.94. The van der Waals surface area contributed by atoms with Crippen LogP contribution in [-0.4, -0.2) is 66.5 Å². The van der Waals surface area contributed by atoms with Gasteiger partial charge in [0.1, 0.15) is 0 Å². The summed E-state index contributed by atoms with van der Waals surface area (Å²) < 4.78 is 0. The lowest BCUT2D eigenvalue weighted by molar-refractivity contribution is 0.124. The number of urea groups is 1. The number of carbonyl (C=O) groups excluding carboxylic acids is 1. The van der Waals surface area contributed by atoms with Crippen molar-refractivity contribution in [2.24, 2.45) is 0 Å². The van der Waals surface area contributed by atoms with Crippen LogP contribution in [0.4, 0.5) is 4.79 Å². The van der Waals surface area contributed by atoms with Crippen molar-refractivity contribution >= 4 is 6.03 Å². The van der Waals surface area contributed by atoms with Crippen LogP contribution < -0.4 is 0 Å². The fraction of sp³-hybridized carbons (Fsp3) is 0.818. The van der Waals surface area contributed by atoms with E-state index in [2.05, 4.69) is 11.0 Å². The highest BCUT2D eigenvalue weighted by atomic mass is 16.2. The van der Waals surface area contributed by atoms with Gasteiger partial charge in [-0.05, 0) is 12.8 Å². The normalized spacial score (nSPS) is 22.2. The zero-order valence-electron chi connectivity index (χ0n) is 9.56. The van der Waals surface area contributed by atoms with Gasteiger partial charge in [0.25, 0.3) is 0 Å². The maximum atomic E-state index is 12.0. The smallest absolute Gasteiger partial charge is 0.320 e. The molecule has 2 fully saturated rings. The van der Waals surface area contributed by atoms with Crippen molar-refractivity contribution in [1.82, 2.24) is 14.7 Å². The molecule has 0 unspecified atom stereocenters. The Morgan fingerprint density at radius 3 is 2.12 bits per heavy atom. The van der Waals surface area contributed by atoms with Crippen molar-refractivity contribution in [2.45, 2.75) is 12.8 Å². The quantitative estimate of drug-likeness (QED) is 0.601. The molecule has 2 saturated heterocycles. The lowest BCUT2D eigenvalue weighted by atomic mass is 10.3. The molecular weight excluding hydrogens is 204 g/mol. The highest BCUT2D eigenvalue weighted by Crippen LogP contribution is 2.12. The van der Waals surface area contributed by atoms with Gasteiger partial charge in [-0.1, -0.05) is 0 Å². The third-order valence-electron chi connectivity index (χ3n) is 3.31. The fourth-order valence-electron chi connectivity index (χ4n) is 2.31. The highest BCUT2D eigenvalue weighted by molar-refractivity contribution is 5.74. The number of nitrogens with zero attached hydrogens (tertiary/aromatic N) is 4. The molecule has 0 aromatic carbocycles. The Balaban J connectivity index is 1.80. The van der Waals surface area contributed by atoms with Gasteiger partial charge in [-0.25, -0.2) is 4.79 Å². The van der Waals surface area contributed by atoms with Crippen LogP contribution in [0.25, 0.3) is 0 Å². The molecule has 0 aromatic heterocycles. The molecule has 2 amide bonds. The first kappa shape index (κ1) is 11.2. The van der Waals surface area contributed by atoms with Crippen LogP contribution in [0.15, 0.2) is 0 Å². The summed E-state index contributed by atoms with van der Waals surface area (Å²) in [4.78, 5) is 18.0. The second-order valence-corrected chi connectivity index (χ2v) is 4.40. The SMILES string of the molecule is N#CCN1CCN(C(=O)N2CCCC2)CC1. The van der Waals surface area contributed by atoms with E-state index in [0.29, 0.717) is 6.54 Å². The van der Waals surface area contributed by atoms with Crippen LogP contribution in [0, 0.1) is 11.3 Å². The molecule has 16 heavy (non-hydrogen) atoms. The van der Waals surface area contributed by atoms with Crippen molar-refractivity contribution in [2.75, 3.05) is 45.8 Å². The Hall–Kier alpha value is -1.28. The van der Waals surface area contributed by atoms with Gasteiger partial charge in [0.05, 0.1) is 12.6 Å². The highest BCUT2D eigenvalue weighted by Gasteiger charge is 2.26. The summed E-state index contributed by atoms with van der Waals surface area (Å²) in [5, 5.41) is 8.59. The molecule has 0 aromatic rings. The molecule has 5 heteroatoms. The van der Waals surface area contributed by atoms with E-state index >= 15 is 0 Å². The molecule has 88 valence electrons. The molecular formula is C11H18N4O. The van der Waals surface area contributed by atoms with Crippen molar-refractivity contribution < 1.29 is 4.79 Å². The Bertz CT molecular complexity index is 285. The van der Waals surface area contributed by atoms with Gasteiger partial charge in [-0.2, -0.15) is 5.26 Å². The Morgan fingerprint density at radius 2 is 1.56 bits per heavy atom. The van der Waals surface area contributed by atoms with Gasteiger partial charge in [-0.3, -0.25) is 4.90 Å². The summed E-state index contributed by atoms with van der Waals surface area (Å²) in [6.45, 7) is 5.48. The first-order chi connectivity index (χ1) is 7.81. The molecule has 2 heterocycles. The maximum absolute atomic E-state index is 12.0. The molecule has 2 aliphatic rings. The molecule has 0 saturated carbocycles. The van der Waals surface area contributed by atoms with E-state index in [9.17, 15) is 4.79 Å². The summed E-state index contributed by atoms with van der Waals surface area (Å²) in [6.07, 6.45) is 2.28. The standard InChI is InChI=1S/C11H18N4O/c12-3-6-13-7-9-15(10-8-13)11(16)14-4-1-2-5-14/h1-2,4-10H2. The maximum Gasteiger partial charge on any atom is 0.320 e. The summed E-state index contributed by atoms with van der Waals surface area (Å²) in [5.41, 5.74) is 0. The minimum absolute atomic E-state index is 0.189. The number of piperazine rings is 1. The fourth-order valence-corrected chi connectivity index (χ4v) is 2.31. The average molecular weight is 222 g/mol. The summed E-state index contributed by atoms with van der Waals surface area (Å²) >= 11 is 0. The van der Waals surface area contributed by atoms with Gasteiger partial charge < -0.3 is 9.80 Å². The molecule has 2 aliphatic heterocycles. The van der Waals surface area contributed by atoms with E-state index in [1.54, 1.807) is 0 Å². The first-order valence-corrected chi connectivity index (χ1v) is 5.94. The van der Waals surface area contributed by atoms with Crippen LogP contribution in [0.2, 0.25) is 0 Å². The molecule has 0 radical (unpaired) electrons. The molecule has 0 bridgehead atoms. The molecule has 0 N–H and O–H groups in total. The number of rotatable bonds is 1. The van der Waals surface area contributed by atoms with Crippen LogP contribution in [0.5, 0.6) is 0 Å². The number of hydrogen-bond acceptors (Lipinski definition) is 3. The second-order valence-electron chi connectivity index (χ2n) is 4.40. The van der Waals surface area contributed by atoms with Crippen LogP contribution in [-0.2, 0) is 0 Å². The second kappa shape index (κ2) is 5.17. The van der Waals surface area contributed by atoms with E-state index in [0.717, 1.165) is 52.1 Å². The van der Waals surface area contributed by atoms with Crippen molar-refractivity contribution in [3.8, 4) is 6.07 Å². The minimum atomic E-state index is 0.189. The number of likely N-dealkylation sites (tertiary alicyclic amines) is 1. The summed E-state index contributed by atoms with van der Waals surface area (Å²) in [5.74, 6) is 0.